The molecule has 3 unspecified atom stereocenters. The summed E-state index contributed by atoms with van der Waals surface area (Å²) < 4.78 is 0. The van der Waals surface area contributed by atoms with E-state index in [4.69, 9.17) is 5.26 Å². The van der Waals surface area contributed by atoms with Gasteiger partial charge in [0.25, 0.3) is 0 Å². The number of aliphatic hydroxyl groups excluding tert-OH is 1. The van der Waals surface area contributed by atoms with E-state index in [1.54, 1.807) is 18.7 Å². The van der Waals surface area contributed by atoms with Gasteiger partial charge < -0.3 is 5.11 Å². The number of nitrogens with zero attached hydrogens (tertiary/aromatic N) is 1. The quantitative estimate of drug-likeness (QED) is 0.696. The van der Waals surface area contributed by atoms with E-state index in [2.05, 4.69) is 11.4 Å². The van der Waals surface area contributed by atoms with Gasteiger partial charge in [-0.2, -0.15) is 17.0 Å². The lowest BCUT2D eigenvalue weighted by Gasteiger charge is -2.16. The third-order valence-electron chi connectivity index (χ3n) is 2.38. The van der Waals surface area contributed by atoms with E-state index in [9.17, 15) is 5.11 Å². The minimum Gasteiger partial charge on any atom is -0.392 e. The molecule has 2 N–H and O–H groups in total. The first kappa shape index (κ1) is 11.8. The molecule has 80 valence electrons. The molecule has 0 saturated heterocycles. The van der Waals surface area contributed by atoms with Crippen LogP contribution in [0.2, 0.25) is 0 Å². The molecule has 3 nitrogen and oxygen atoms in total. The fourth-order valence-corrected chi connectivity index (χ4v) is 1.99. The van der Waals surface area contributed by atoms with Crippen LogP contribution in [0.15, 0.2) is 0 Å². The zero-order valence-corrected chi connectivity index (χ0v) is 9.55. The molecule has 1 aliphatic carbocycles. The number of thioether (sulfide) groups is 1. The van der Waals surface area contributed by atoms with Crippen LogP contribution in [0.1, 0.15) is 26.7 Å². The van der Waals surface area contributed by atoms with Crippen molar-refractivity contribution in [3.8, 4) is 6.07 Å². The number of aliphatic hydroxyl groups is 1. The Labute approximate surface area is 89.9 Å². The van der Waals surface area contributed by atoms with Gasteiger partial charge in [0.05, 0.1) is 12.2 Å². The second-order valence-corrected chi connectivity index (χ2v) is 5.31. The maximum atomic E-state index is 9.28. The molecule has 0 radical (unpaired) electrons. The molecule has 0 aromatic heterocycles. The first-order valence-corrected chi connectivity index (χ1v) is 6.13. The third-order valence-corrected chi connectivity index (χ3v) is 3.82. The van der Waals surface area contributed by atoms with Crippen LogP contribution in [0.4, 0.5) is 0 Å². The minimum absolute atomic E-state index is 0.0614. The lowest BCUT2D eigenvalue weighted by Crippen LogP contribution is -2.32. The Morgan fingerprint density at radius 2 is 2.21 bits per heavy atom. The van der Waals surface area contributed by atoms with E-state index in [0.717, 1.165) is 5.75 Å². The second kappa shape index (κ2) is 5.59. The normalized spacial score (nSPS) is 22.4. The Balaban J connectivity index is 2.16. The highest BCUT2D eigenvalue weighted by atomic mass is 32.2. The van der Waals surface area contributed by atoms with Gasteiger partial charge in [0.1, 0.15) is 6.04 Å². The van der Waals surface area contributed by atoms with Crippen molar-refractivity contribution >= 4 is 11.8 Å². The van der Waals surface area contributed by atoms with Crippen LogP contribution in [0.5, 0.6) is 0 Å². The highest BCUT2D eigenvalue weighted by Crippen LogP contribution is 2.21. The van der Waals surface area contributed by atoms with Crippen LogP contribution in [-0.2, 0) is 0 Å². The zero-order chi connectivity index (χ0) is 10.6. The molecule has 0 aromatic carbocycles. The van der Waals surface area contributed by atoms with E-state index in [-0.39, 0.29) is 17.4 Å². The summed E-state index contributed by atoms with van der Waals surface area (Å²) in [6.07, 6.45) is 2.10. The summed E-state index contributed by atoms with van der Waals surface area (Å²) in [7, 11) is 0. The highest BCUT2D eigenvalue weighted by molar-refractivity contribution is 8.00. The Hall–Kier alpha value is -0.240. The topological polar surface area (TPSA) is 56.0 Å². The van der Waals surface area contributed by atoms with Gasteiger partial charge in [0, 0.05) is 17.0 Å². The monoisotopic (exact) mass is 214 g/mol. The van der Waals surface area contributed by atoms with Gasteiger partial charge in [0.2, 0.25) is 0 Å². The van der Waals surface area contributed by atoms with Gasteiger partial charge in [0.15, 0.2) is 0 Å². The maximum absolute atomic E-state index is 9.28. The average molecular weight is 214 g/mol. The largest absolute Gasteiger partial charge is 0.392 e. The van der Waals surface area contributed by atoms with Crippen molar-refractivity contribution in [1.29, 1.82) is 5.26 Å². The fourth-order valence-electron chi connectivity index (χ4n) is 1.04. The van der Waals surface area contributed by atoms with E-state index in [1.165, 1.54) is 12.8 Å². The SMILES string of the molecule is CC(O)C(C)SCC(C#N)NC1CC1. The van der Waals surface area contributed by atoms with Crippen LogP contribution in [0, 0.1) is 11.3 Å². The molecule has 1 saturated carbocycles. The predicted molar refractivity (Wildman–Crippen MR) is 59.2 cm³/mol. The van der Waals surface area contributed by atoms with Gasteiger partial charge in [-0.25, -0.2) is 0 Å². The van der Waals surface area contributed by atoms with Crippen molar-refractivity contribution in [2.45, 2.75) is 50.1 Å². The standard InChI is InChI=1S/C10H18N2OS/c1-7(13)8(2)14-6-10(5-11)12-9-3-4-9/h7-10,12-13H,3-4,6H2,1-2H3. The molecule has 3 atom stereocenters. The third kappa shape index (κ3) is 4.32. The maximum Gasteiger partial charge on any atom is 0.105 e. The summed E-state index contributed by atoms with van der Waals surface area (Å²) in [5.41, 5.74) is 0. The van der Waals surface area contributed by atoms with Gasteiger partial charge in [-0.15, -0.1) is 0 Å². The van der Waals surface area contributed by atoms with Gasteiger partial charge in [-0.1, -0.05) is 6.92 Å². The number of nitrogens with one attached hydrogen (secondary N) is 1. The van der Waals surface area contributed by atoms with E-state index in [0.29, 0.717) is 6.04 Å². The lowest BCUT2D eigenvalue weighted by molar-refractivity contribution is 0.196. The first-order chi connectivity index (χ1) is 6.63. The van der Waals surface area contributed by atoms with Crippen molar-refractivity contribution in [3.63, 3.8) is 0 Å². The summed E-state index contributed by atoms with van der Waals surface area (Å²) in [6, 6.07) is 2.76. The summed E-state index contributed by atoms with van der Waals surface area (Å²) in [5, 5.41) is 21.6. The Kier molecular flexibility index (Phi) is 4.73. The molecule has 0 aliphatic heterocycles. The van der Waals surface area contributed by atoms with E-state index < -0.39 is 0 Å². The van der Waals surface area contributed by atoms with Crippen LogP contribution in [0.3, 0.4) is 0 Å². The summed E-state index contributed by atoms with van der Waals surface area (Å²) >= 11 is 1.65. The number of hydrogen-bond acceptors (Lipinski definition) is 4. The molecule has 0 bridgehead atoms. The van der Waals surface area contributed by atoms with Crippen molar-refractivity contribution in [2.24, 2.45) is 0 Å². The summed E-state index contributed by atoms with van der Waals surface area (Å²) in [4.78, 5) is 0. The lowest BCUT2D eigenvalue weighted by atomic mass is 10.3. The molecule has 0 spiro atoms. The number of rotatable bonds is 6. The number of hydrogen-bond donors (Lipinski definition) is 2. The smallest absolute Gasteiger partial charge is 0.105 e. The Bertz CT molecular complexity index is 211. The van der Waals surface area contributed by atoms with Crippen molar-refractivity contribution in [2.75, 3.05) is 5.75 Å². The van der Waals surface area contributed by atoms with Crippen molar-refractivity contribution in [1.82, 2.24) is 5.32 Å². The molecule has 1 rings (SSSR count). The van der Waals surface area contributed by atoms with E-state index in [1.807, 2.05) is 6.92 Å². The molecule has 4 heteroatoms. The van der Waals surface area contributed by atoms with Crippen LogP contribution in [-0.4, -0.2) is 34.3 Å². The summed E-state index contributed by atoms with van der Waals surface area (Å²) in [6.45, 7) is 3.77. The Morgan fingerprint density at radius 1 is 1.57 bits per heavy atom. The highest BCUT2D eigenvalue weighted by Gasteiger charge is 2.24. The summed E-state index contributed by atoms with van der Waals surface area (Å²) in [5.74, 6) is 0.763. The van der Waals surface area contributed by atoms with E-state index >= 15 is 0 Å². The molecule has 1 aliphatic rings. The van der Waals surface area contributed by atoms with Gasteiger partial charge >= 0.3 is 0 Å². The van der Waals surface area contributed by atoms with Gasteiger partial charge in [-0.3, -0.25) is 5.32 Å². The number of nitriles is 1. The fraction of sp³-hybridized carbons (Fsp3) is 0.900. The second-order valence-electron chi connectivity index (χ2n) is 3.90. The first-order valence-electron chi connectivity index (χ1n) is 5.08. The molecule has 0 amide bonds. The Morgan fingerprint density at radius 3 is 2.64 bits per heavy atom. The zero-order valence-electron chi connectivity index (χ0n) is 8.73. The molecular formula is C10H18N2OS. The minimum atomic E-state index is -0.305. The molecule has 0 aromatic rings. The van der Waals surface area contributed by atoms with Crippen LogP contribution < -0.4 is 5.32 Å². The van der Waals surface area contributed by atoms with Crippen LogP contribution >= 0.6 is 11.8 Å². The van der Waals surface area contributed by atoms with Gasteiger partial charge in [-0.05, 0) is 19.8 Å². The van der Waals surface area contributed by atoms with Crippen molar-refractivity contribution < 1.29 is 5.11 Å². The predicted octanol–water partition coefficient (Wildman–Crippen LogP) is 1.13. The molecular weight excluding hydrogens is 196 g/mol. The van der Waals surface area contributed by atoms with Crippen LogP contribution in [0.25, 0.3) is 0 Å². The van der Waals surface area contributed by atoms with Crippen molar-refractivity contribution in [3.05, 3.63) is 0 Å². The molecule has 14 heavy (non-hydrogen) atoms. The average Bonchev–Trinajstić information content (AvgIpc) is 2.95. The molecule has 0 heterocycles. The molecule has 1 fully saturated rings.